The van der Waals surface area contributed by atoms with Crippen molar-refractivity contribution in [2.75, 3.05) is 26.2 Å². The van der Waals surface area contributed by atoms with Gasteiger partial charge in [0.15, 0.2) is 5.58 Å². The molecule has 1 fully saturated rings. The van der Waals surface area contributed by atoms with Crippen molar-refractivity contribution in [2.45, 2.75) is 39.7 Å². The highest BCUT2D eigenvalue weighted by atomic mass is 16.6. The van der Waals surface area contributed by atoms with Gasteiger partial charge in [-0.1, -0.05) is 13.8 Å². The largest absolute Gasteiger partial charge is 0.419 e. The predicted molar refractivity (Wildman–Crippen MR) is 109 cm³/mol. The Morgan fingerprint density at radius 3 is 2.69 bits per heavy atom. The van der Waals surface area contributed by atoms with Crippen LogP contribution in [0.4, 0.5) is 5.69 Å². The van der Waals surface area contributed by atoms with E-state index in [2.05, 4.69) is 24.1 Å². The van der Waals surface area contributed by atoms with Gasteiger partial charge in [0.2, 0.25) is 5.91 Å². The summed E-state index contributed by atoms with van der Waals surface area (Å²) in [6, 6.07) is 4.07. The van der Waals surface area contributed by atoms with Gasteiger partial charge in [-0.25, -0.2) is 4.79 Å². The highest BCUT2D eigenvalue weighted by molar-refractivity contribution is 5.76. The Labute approximate surface area is 168 Å². The van der Waals surface area contributed by atoms with Crippen LogP contribution in [0.1, 0.15) is 33.1 Å². The van der Waals surface area contributed by atoms with Crippen molar-refractivity contribution in [1.82, 2.24) is 14.8 Å². The van der Waals surface area contributed by atoms with Gasteiger partial charge in [0.25, 0.3) is 5.69 Å². The number of nitrogens with zero attached hydrogens (tertiary/aromatic N) is 3. The Hall–Kier alpha value is -2.68. The van der Waals surface area contributed by atoms with Gasteiger partial charge >= 0.3 is 5.76 Å². The zero-order chi connectivity index (χ0) is 21.0. The number of benzene rings is 1. The van der Waals surface area contributed by atoms with E-state index in [9.17, 15) is 19.7 Å². The van der Waals surface area contributed by atoms with E-state index >= 15 is 0 Å². The lowest BCUT2D eigenvalue weighted by atomic mass is 9.92. The molecule has 3 rings (SSSR count). The van der Waals surface area contributed by atoms with Crippen LogP contribution in [-0.2, 0) is 11.3 Å². The standard InChI is InChI=1S/C20H28N4O5/c1-14-10-15(2)13-22(12-14)9-7-21-19(25)4-3-8-23-17-6-5-16(24(27)28)11-18(17)29-20(23)26/h5-6,11,14-15H,3-4,7-10,12-13H2,1-2H3,(H,21,25). The van der Waals surface area contributed by atoms with Gasteiger partial charge in [0.1, 0.15) is 0 Å². The second kappa shape index (κ2) is 9.21. The van der Waals surface area contributed by atoms with Crippen LogP contribution in [0.15, 0.2) is 27.4 Å². The molecule has 0 bridgehead atoms. The van der Waals surface area contributed by atoms with Gasteiger partial charge < -0.3 is 14.6 Å². The first kappa shape index (κ1) is 21.0. The van der Waals surface area contributed by atoms with Crippen molar-refractivity contribution in [3.63, 3.8) is 0 Å². The van der Waals surface area contributed by atoms with E-state index in [-0.39, 0.29) is 17.2 Å². The molecule has 2 heterocycles. The number of likely N-dealkylation sites (tertiary alicyclic amines) is 1. The smallest absolute Gasteiger partial charge is 0.407 e. The highest BCUT2D eigenvalue weighted by Gasteiger charge is 2.21. The van der Waals surface area contributed by atoms with Crippen molar-refractivity contribution in [2.24, 2.45) is 11.8 Å². The third-order valence-electron chi connectivity index (χ3n) is 5.34. The topological polar surface area (TPSA) is 111 Å². The molecule has 1 aromatic heterocycles. The van der Waals surface area contributed by atoms with Crippen LogP contribution >= 0.6 is 0 Å². The number of aromatic nitrogens is 1. The number of amides is 1. The van der Waals surface area contributed by atoms with Crippen molar-refractivity contribution in [3.8, 4) is 0 Å². The molecule has 1 aliphatic heterocycles. The number of hydrogen-bond acceptors (Lipinski definition) is 6. The summed E-state index contributed by atoms with van der Waals surface area (Å²) in [7, 11) is 0. The summed E-state index contributed by atoms with van der Waals surface area (Å²) >= 11 is 0. The number of oxazole rings is 1. The van der Waals surface area contributed by atoms with Gasteiger partial charge in [0.05, 0.1) is 16.5 Å². The number of fused-ring (bicyclic) bond motifs is 1. The Balaban J connectivity index is 1.45. The summed E-state index contributed by atoms with van der Waals surface area (Å²) in [5.74, 6) is 0.770. The Kier molecular flexibility index (Phi) is 6.68. The quantitative estimate of drug-likeness (QED) is 0.534. The Bertz CT molecular complexity index is 925. The predicted octanol–water partition coefficient (Wildman–Crippen LogP) is 2.38. The van der Waals surface area contributed by atoms with Crippen molar-refractivity contribution in [1.29, 1.82) is 0 Å². The molecule has 1 saturated heterocycles. The number of nitrogens with one attached hydrogen (secondary N) is 1. The first-order chi connectivity index (χ1) is 13.8. The minimum Gasteiger partial charge on any atom is -0.407 e. The fourth-order valence-electron chi connectivity index (χ4n) is 4.19. The number of aryl methyl sites for hydroxylation is 1. The minimum atomic E-state index is -0.575. The average molecular weight is 404 g/mol. The molecule has 2 aromatic rings. The monoisotopic (exact) mass is 404 g/mol. The SMILES string of the molecule is CC1CC(C)CN(CCNC(=O)CCCn2c(=O)oc3cc([N+](=O)[O-])ccc32)C1. The van der Waals surface area contributed by atoms with Crippen LogP contribution in [0.3, 0.4) is 0 Å². The molecule has 0 aliphatic carbocycles. The molecular weight excluding hydrogens is 376 g/mol. The van der Waals surface area contributed by atoms with Crippen LogP contribution in [0, 0.1) is 22.0 Å². The van der Waals surface area contributed by atoms with E-state index in [1.165, 1.54) is 29.2 Å². The summed E-state index contributed by atoms with van der Waals surface area (Å²) < 4.78 is 6.50. The highest BCUT2D eigenvalue weighted by Crippen LogP contribution is 2.21. The lowest BCUT2D eigenvalue weighted by Gasteiger charge is -2.34. The molecule has 1 aliphatic rings. The maximum absolute atomic E-state index is 12.1. The summed E-state index contributed by atoms with van der Waals surface area (Å²) in [4.78, 5) is 36.8. The lowest BCUT2D eigenvalue weighted by molar-refractivity contribution is -0.384. The van der Waals surface area contributed by atoms with E-state index in [1.54, 1.807) is 0 Å². The summed E-state index contributed by atoms with van der Waals surface area (Å²) in [6.45, 7) is 8.48. The first-order valence-corrected chi connectivity index (χ1v) is 10.1. The Morgan fingerprint density at radius 2 is 2.00 bits per heavy atom. The maximum atomic E-state index is 12.1. The number of carbonyl (C=O) groups is 1. The third-order valence-corrected chi connectivity index (χ3v) is 5.34. The molecule has 0 saturated carbocycles. The number of rotatable bonds is 8. The summed E-state index contributed by atoms with van der Waals surface area (Å²) in [6.07, 6.45) is 2.05. The molecular formula is C20H28N4O5. The number of hydrogen-bond donors (Lipinski definition) is 1. The molecule has 9 heteroatoms. The van der Waals surface area contributed by atoms with Crippen LogP contribution in [-0.4, -0.2) is 46.5 Å². The molecule has 158 valence electrons. The normalized spacial score (nSPS) is 20.1. The minimum absolute atomic E-state index is 0.0420. The zero-order valence-corrected chi connectivity index (χ0v) is 16.9. The first-order valence-electron chi connectivity index (χ1n) is 10.1. The molecule has 1 N–H and O–H groups in total. The van der Waals surface area contributed by atoms with Gasteiger partial charge in [0, 0.05) is 45.2 Å². The van der Waals surface area contributed by atoms with Crippen LogP contribution in [0.2, 0.25) is 0 Å². The molecule has 2 unspecified atom stereocenters. The second-order valence-electron chi connectivity index (χ2n) is 8.09. The molecule has 29 heavy (non-hydrogen) atoms. The van der Waals surface area contributed by atoms with E-state index < -0.39 is 10.7 Å². The summed E-state index contributed by atoms with van der Waals surface area (Å²) in [5, 5.41) is 13.8. The number of nitro benzene ring substituents is 1. The van der Waals surface area contributed by atoms with E-state index in [0.29, 0.717) is 43.3 Å². The van der Waals surface area contributed by atoms with Crippen molar-refractivity contribution >= 4 is 22.7 Å². The van der Waals surface area contributed by atoms with E-state index in [0.717, 1.165) is 19.6 Å². The van der Waals surface area contributed by atoms with Crippen LogP contribution in [0.5, 0.6) is 0 Å². The van der Waals surface area contributed by atoms with Crippen LogP contribution in [0.25, 0.3) is 11.1 Å². The lowest BCUT2D eigenvalue weighted by Crippen LogP contribution is -2.42. The van der Waals surface area contributed by atoms with Crippen LogP contribution < -0.4 is 11.1 Å². The molecule has 1 amide bonds. The van der Waals surface area contributed by atoms with E-state index in [1.807, 2.05) is 0 Å². The molecule has 0 radical (unpaired) electrons. The molecule has 2 atom stereocenters. The Morgan fingerprint density at radius 1 is 1.28 bits per heavy atom. The van der Waals surface area contributed by atoms with E-state index in [4.69, 9.17) is 4.42 Å². The fraction of sp³-hybridized carbons (Fsp3) is 0.600. The third kappa shape index (κ3) is 5.44. The number of nitro groups is 1. The number of carbonyl (C=O) groups excluding carboxylic acids is 1. The maximum Gasteiger partial charge on any atom is 0.419 e. The molecule has 9 nitrogen and oxygen atoms in total. The fourth-order valence-corrected chi connectivity index (χ4v) is 4.19. The average Bonchev–Trinajstić information content (AvgIpc) is 2.95. The van der Waals surface area contributed by atoms with Gasteiger partial charge in [-0.2, -0.15) is 0 Å². The summed E-state index contributed by atoms with van der Waals surface area (Å²) in [5.41, 5.74) is 0.545. The molecule has 1 aromatic carbocycles. The zero-order valence-electron chi connectivity index (χ0n) is 16.9. The molecule has 0 spiro atoms. The number of piperidine rings is 1. The number of non-ortho nitro benzene ring substituents is 1. The van der Waals surface area contributed by atoms with Crippen molar-refractivity contribution in [3.05, 3.63) is 38.9 Å². The van der Waals surface area contributed by atoms with Gasteiger partial charge in [-0.15, -0.1) is 0 Å². The second-order valence-corrected chi connectivity index (χ2v) is 8.09. The van der Waals surface area contributed by atoms with Crippen molar-refractivity contribution < 1.29 is 14.1 Å². The van der Waals surface area contributed by atoms with Gasteiger partial charge in [-0.3, -0.25) is 19.5 Å². The van der Waals surface area contributed by atoms with Gasteiger partial charge in [-0.05, 0) is 30.7 Å².